The smallest absolute Gasteiger partial charge is 0.127 e. The normalized spacial score (nSPS) is 45.0. The van der Waals surface area contributed by atoms with Crippen molar-refractivity contribution in [2.45, 2.75) is 11.9 Å². The fourth-order valence-corrected chi connectivity index (χ4v) is 2.07. The third-order valence-corrected chi connectivity index (χ3v) is 3.83. The standard InChI is InChI=1S/C3H6OS2/c1-3(4)2-5-6-3/h4H,2H2,1H3. The van der Waals surface area contributed by atoms with E-state index in [0.29, 0.717) is 0 Å². The highest BCUT2D eigenvalue weighted by atomic mass is 33.1. The lowest BCUT2D eigenvalue weighted by atomic mass is 10.5. The Balaban J connectivity index is 2.31. The Hall–Kier alpha value is 0.660. The van der Waals surface area contributed by atoms with Crippen LogP contribution in [0.2, 0.25) is 0 Å². The molecular weight excluding hydrogens is 116 g/mol. The predicted molar refractivity (Wildman–Crippen MR) is 30.7 cm³/mol. The molecule has 0 radical (unpaired) electrons. The van der Waals surface area contributed by atoms with Crippen LogP contribution in [0, 0.1) is 0 Å². The zero-order valence-corrected chi connectivity index (χ0v) is 5.10. The minimum absolute atomic E-state index is 0.398. The van der Waals surface area contributed by atoms with Crippen LogP contribution in [-0.4, -0.2) is 15.8 Å². The first kappa shape index (κ1) is 4.81. The fourth-order valence-electron chi connectivity index (χ4n) is 0.229. The van der Waals surface area contributed by atoms with Crippen molar-refractivity contribution >= 4 is 21.6 Å². The van der Waals surface area contributed by atoms with Crippen LogP contribution in [0.3, 0.4) is 0 Å². The van der Waals surface area contributed by atoms with Crippen LogP contribution in [0.5, 0.6) is 0 Å². The molecule has 1 aliphatic heterocycles. The molecule has 1 rings (SSSR count). The molecular formula is C3H6OS2. The first-order valence-electron chi connectivity index (χ1n) is 1.74. The second-order valence-electron chi connectivity index (χ2n) is 1.52. The van der Waals surface area contributed by atoms with E-state index < -0.39 is 4.93 Å². The highest BCUT2D eigenvalue weighted by Gasteiger charge is 2.30. The third-order valence-electron chi connectivity index (χ3n) is 0.565. The topological polar surface area (TPSA) is 20.2 Å². The van der Waals surface area contributed by atoms with Crippen LogP contribution < -0.4 is 0 Å². The summed E-state index contributed by atoms with van der Waals surface area (Å²) in [6, 6.07) is 0. The predicted octanol–water partition coefficient (Wildman–Crippen LogP) is 1.09. The van der Waals surface area contributed by atoms with Crippen LogP contribution in [0.15, 0.2) is 0 Å². The molecule has 0 aromatic heterocycles. The van der Waals surface area contributed by atoms with Gasteiger partial charge in [-0.05, 0) is 6.92 Å². The summed E-state index contributed by atoms with van der Waals surface area (Å²) in [5, 5.41) is 8.86. The van der Waals surface area contributed by atoms with Crippen molar-refractivity contribution in [1.82, 2.24) is 0 Å². The molecule has 0 aromatic rings. The van der Waals surface area contributed by atoms with E-state index >= 15 is 0 Å². The van der Waals surface area contributed by atoms with Gasteiger partial charge in [-0.1, -0.05) is 21.6 Å². The monoisotopic (exact) mass is 122 g/mol. The highest BCUT2D eigenvalue weighted by Crippen LogP contribution is 2.47. The summed E-state index contributed by atoms with van der Waals surface area (Å²) in [5.41, 5.74) is 0. The Labute approximate surface area is 44.9 Å². The molecule has 1 unspecified atom stereocenters. The van der Waals surface area contributed by atoms with Crippen molar-refractivity contribution < 1.29 is 5.11 Å². The maximum absolute atomic E-state index is 8.86. The first-order chi connectivity index (χ1) is 2.71. The van der Waals surface area contributed by atoms with Gasteiger partial charge in [-0.3, -0.25) is 0 Å². The molecule has 1 heterocycles. The van der Waals surface area contributed by atoms with Gasteiger partial charge >= 0.3 is 0 Å². The average molecular weight is 122 g/mol. The zero-order valence-electron chi connectivity index (χ0n) is 3.47. The van der Waals surface area contributed by atoms with Crippen LogP contribution in [0.1, 0.15) is 6.92 Å². The molecule has 1 N–H and O–H groups in total. The van der Waals surface area contributed by atoms with Crippen molar-refractivity contribution in [1.29, 1.82) is 0 Å². The van der Waals surface area contributed by atoms with Gasteiger partial charge < -0.3 is 5.11 Å². The van der Waals surface area contributed by atoms with Crippen LogP contribution in [0.4, 0.5) is 0 Å². The lowest BCUT2D eigenvalue weighted by Gasteiger charge is -2.29. The summed E-state index contributed by atoms with van der Waals surface area (Å²) in [6.45, 7) is 1.83. The van der Waals surface area contributed by atoms with E-state index in [1.54, 1.807) is 10.8 Å². The quantitative estimate of drug-likeness (QED) is 0.486. The zero-order chi connectivity index (χ0) is 4.62. The average Bonchev–Trinajstić information content (AvgIpc) is 1.32. The van der Waals surface area contributed by atoms with E-state index in [1.807, 2.05) is 6.92 Å². The molecule has 36 valence electrons. The Morgan fingerprint density at radius 2 is 2.17 bits per heavy atom. The van der Waals surface area contributed by atoms with E-state index in [2.05, 4.69) is 0 Å². The Morgan fingerprint density at radius 1 is 1.83 bits per heavy atom. The number of aliphatic hydroxyl groups is 1. The van der Waals surface area contributed by atoms with Crippen LogP contribution in [-0.2, 0) is 0 Å². The molecule has 1 fully saturated rings. The lowest BCUT2D eigenvalue weighted by Crippen LogP contribution is -2.27. The number of rotatable bonds is 0. The molecule has 0 bridgehead atoms. The number of hydrogen-bond acceptors (Lipinski definition) is 3. The molecule has 0 aliphatic carbocycles. The maximum Gasteiger partial charge on any atom is 0.127 e. The summed E-state index contributed by atoms with van der Waals surface area (Å²) >= 11 is 0. The van der Waals surface area contributed by atoms with Gasteiger partial charge in [0.25, 0.3) is 0 Å². The van der Waals surface area contributed by atoms with Gasteiger partial charge in [-0.15, -0.1) is 0 Å². The first-order valence-corrected chi connectivity index (χ1v) is 4.06. The summed E-state index contributed by atoms with van der Waals surface area (Å²) in [6.07, 6.45) is 0. The molecule has 3 heteroatoms. The van der Waals surface area contributed by atoms with E-state index in [-0.39, 0.29) is 0 Å². The van der Waals surface area contributed by atoms with Crippen molar-refractivity contribution in [3.8, 4) is 0 Å². The van der Waals surface area contributed by atoms with Crippen molar-refractivity contribution in [3.63, 3.8) is 0 Å². The molecule has 0 spiro atoms. The van der Waals surface area contributed by atoms with Gasteiger partial charge in [0.05, 0.1) is 0 Å². The second-order valence-corrected chi connectivity index (χ2v) is 4.30. The van der Waals surface area contributed by atoms with Gasteiger partial charge in [-0.2, -0.15) is 0 Å². The molecule has 1 aliphatic rings. The molecule has 1 saturated heterocycles. The lowest BCUT2D eigenvalue weighted by molar-refractivity contribution is 0.182. The van der Waals surface area contributed by atoms with Crippen molar-refractivity contribution in [3.05, 3.63) is 0 Å². The Morgan fingerprint density at radius 3 is 2.17 bits per heavy atom. The molecule has 0 saturated carbocycles. The SMILES string of the molecule is CC1(O)CSS1. The summed E-state index contributed by atoms with van der Waals surface area (Å²) in [4.78, 5) is -0.398. The van der Waals surface area contributed by atoms with E-state index in [4.69, 9.17) is 5.11 Å². The highest BCUT2D eigenvalue weighted by molar-refractivity contribution is 8.80. The Kier molecular flexibility index (Phi) is 1.06. The van der Waals surface area contributed by atoms with E-state index in [1.165, 1.54) is 10.8 Å². The maximum atomic E-state index is 8.86. The van der Waals surface area contributed by atoms with E-state index in [0.717, 1.165) is 5.75 Å². The Bertz CT molecular complexity index is 55.8. The van der Waals surface area contributed by atoms with Gasteiger partial charge in [0.1, 0.15) is 4.93 Å². The fraction of sp³-hybridized carbons (Fsp3) is 1.00. The van der Waals surface area contributed by atoms with Crippen molar-refractivity contribution in [2.75, 3.05) is 5.75 Å². The van der Waals surface area contributed by atoms with Crippen molar-refractivity contribution in [2.24, 2.45) is 0 Å². The summed E-state index contributed by atoms with van der Waals surface area (Å²) < 4.78 is 0. The third kappa shape index (κ3) is 0.832. The van der Waals surface area contributed by atoms with Gasteiger partial charge in [-0.25, -0.2) is 0 Å². The molecule has 0 amide bonds. The molecule has 1 nitrogen and oxygen atoms in total. The van der Waals surface area contributed by atoms with Crippen LogP contribution in [0.25, 0.3) is 0 Å². The largest absolute Gasteiger partial charge is 0.378 e. The molecule has 1 atom stereocenters. The van der Waals surface area contributed by atoms with Gasteiger partial charge in [0.2, 0.25) is 0 Å². The minimum atomic E-state index is -0.398. The molecule has 0 aromatic carbocycles. The van der Waals surface area contributed by atoms with E-state index in [9.17, 15) is 0 Å². The summed E-state index contributed by atoms with van der Waals surface area (Å²) in [5.74, 6) is 0.887. The number of hydrogen-bond donors (Lipinski definition) is 1. The minimum Gasteiger partial charge on any atom is -0.378 e. The summed E-state index contributed by atoms with van der Waals surface area (Å²) in [7, 11) is 3.25. The van der Waals surface area contributed by atoms with Crippen LogP contribution >= 0.6 is 21.6 Å². The second kappa shape index (κ2) is 1.32. The van der Waals surface area contributed by atoms with Gasteiger partial charge in [0, 0.05) is 5.75 Å². The molecule has 6 heavy (non-hydrogen) atoms. The van der Waals surface area contributed by atoms with Gasteiger partial charge in [0.15, 0.2) is 0 Å².